The van der Waals surface area contributed by atoms with Gasteiger partial charge in [-0.2, -0.15) is 5.10 Å². The smallest absolute Gasteiger partial charge is 0.240 e. The molecule has 25 heavy (non-hydrogen) atoms. The first-order valence-corrected chi connectivity index (χ1v) is 9.40. The van der Waals surface area contributed by atoms with Gasteiger partial charge in [0.05, 0.1) is 11.1 Å². The first-order valence-electron chi connectivity index (χ1n) is 7.92. The van der Waals surface area contributed by atoms with Crippen LogP contribution >= 0.6 is 12.4 Å². The average molecular weight is 389 g/mol. The van der Waals surface area contributed by atoms with E-state index in [-0.39, 0.29) is 35.1 Å². The molecule has 1 aliphatic rings. The zero-order chi connectivity index (χ0) is 17.3. The normalized spacial score (nSPS) is 20.9. The second-order valence-corrected chi connectivity index (χ2v) is 7.99. The summed E-state index contributed by atoms with van der Waals surface area (Å²) >= 11 is 0. The third-order valence-electron chi connectivity index (χ3n) is 4.13. The number of benzene rings is 1. The maximum absolute atomic E-state index is 14.4. The standard InChI is InChI=1S/C16H21FN4O2S.ClH/c1-11-9-19-21(10-11)16-4-3-14(8-15(16)17)24(22,23)20-13-5-6-18-12(2)7-13;/h3-4,8-10,12-13,18,20H,5-7H2,1-2H3;1H. The highest BCUT2D eigenvalue weighted by molar-refractivity contribution is 7.89. The van der Waals surface area contributed by atoms with Gasteiger partial charge in [-0.25, -0.2) is 22.2 Å². The van der Waals surface area contributed by atoms with E-state index >= 15 is 0 Å². The van der Waals surface area contributed by atoms with Crippen LogP contribution < -0.4 is 10.0 Å². The van der Waals surface area contributed by atoms with Gasteiger partial charge in [-0.05, 0) is 57.0 Å². The number of aryl methyl sites for hydroxylation is 1. The Bertz CT molecular complexity index is 840. The van der Waals surface area contributed by atoms with E-state index in [4.69, 9.17) is 0 Å². The van der Waals surface area contributed by atoms with Crippen molar-refractivity contribution in [2.45, 2.75) is 43.7 Å². The molecule has 0 aliphatic carbocycles. The van der Waals surface area contributed by atoms with Gasteiger partial charge in [0.2, 0.25) is 10.0 Å². The maximum Gasteiger partial charge on any atom is 0.240 e. The number of halogens is 2. The molecule has 0 spiro atoms. The fraction of sp³-hybridized carbons (Fsp3) is 0.438. The molecule has 138 valence electrons. The van der Waals surface area contributed by atoms with Crippen molar-refractivity contribution in [2.24, 2.45) is 0 Å². The molecule has 1 fully saturated rings. The van der Waals surface area contributed by atoms with E-state index in [0.29, 0.717) is 6.42 Å². The molecule has 0 saturated carbocycles. The highest BCUT2D eigenvalue weighted by atomic mass is 35.5. The van der Waals surface area contributed by atoms with Crippen LogP contribution in [0.1, 0.15) is 25.3 Å². The predicted molar refractivity (Wildman–Crippen MR) is 96.3 cm³/mol. The van der Waals surface area contributed by atoms with Crippen LogP contribution in [0.2, 0.25) is 0 Å². The summed E-state index contributed by atoms with van der Waals surface area (Å²) in [7, 11) is -3.75. The predicted octanol–water partition coefficient (Wildman–Crippen LogP) is 2.16. The Morgan fingerprint density at radius 1 is 1.40 bits per heavy atom. The number of piperidine rings is 1. The minimum atomic E-state index is -3.75. The van der Waals surface area contributed by atoms with Gasteiger partial charge >= 0.3 is 0 Å². The molecule has 1 aliphatic heterocycles. The number of rotatable bonds is 4. The largest absolute Gasteiger partial charge is 0.314 e. The zero-order valence-corrected chi connectivity index (χ0v) is 15.7. The zero-order valence-electron chi connectivity index (χ0n) is 14.1. The van der Waals surface area contributed by atoms with Crippen molar-refractivity contribution in [1.29, 1.82) is 0 Å². The molecular weight excluding hydrogens is 367 g/mol. The number of nitrogens with zero attached hydrogens (tertiary/aromatic N) is 2. The minimum absolute atomic E-state index is 0. The van der Waals surface area contributed by atoms with Gasteiger partial charge in [-0.15, -0.1) is 12.4 Å². The van der Waals surface area contributed by atoms with Gasteiger partial charge in [0, 0.05) is 18.3 Å². The summed E-state index contributed by atoms with van der Waals surface area (Å²) in [5.41, 5.74) is 1.12. The van der Waals surface area contributed by atoms with Crippen LogP contribution in [-0.2, 0) is 10.0 Å². The molecule has 2 unspecified atom stereocenters. The highest BCUT2D eigenvalue weighted by Crippen LogP contribution is 2.20. The lowest BCUT2D eigenvalue weighted by atomic mass is 10.0. The van der Waals surface area contributed by atoms with Crippen molar-refractivity contribution < 1.29 is 12.8 Å². The fourth-order valence-corrected chi connectivity index (χ4v) is 4.21. The van der Waals surface area contributed by atoms with E-state index in [1.165, 1.54) is 16.8 Å². The molecule has 1 saturated heterocycles. The molecule has 2 atom stereocenters. The molecule has 0 bridgehead atoms. The third kappa shape index (κ3) is 4.58. The lowest BCUT2D eigenvalue weighted by molar-refractivity contribution is 0.361. The second-order valence-electron chi connectivity index (χ2n) is 6.27. The minimum Gasteiger partial charge on any atom is -0.314 e. The first-order chi connectivity index (χ1) is 11.3. The quantitative estimate of drug-likeness (QED) is 0.841. The summed E-state index contributed by atoms with van der Waals surface area (Å²) in [5.74, 6) is -0.625. The number of hydrogen-bond donors (Lipinski definition) is 2. The Hall–Kier alpha value is -1.48. The number of hydrogen-bond acceptors (Lipinski definition) is 4. The summed E-state index contributed by atoms with van der Waals surface area (Å²) in [4.78, 5) is -0.0705. The SMILES string of the molecule is Cc1cnn(-c2ccc(S(=O)(=O)NC3CCNC(C)C3)cc2F)c1.Cl. The number of sulfonamides is 1. The molecule has 0 amide bonds. The highest BCUT2D eigenvalue weighted by Gasteiger charge is 2.25. The van der Waals surface area contributed by atoms with E-state index < -0.39 is 15.8 Å². The van der Waals surface area contributed by atoms with Gasteiger partial charge in [0.25, 0.3) is 0 Å². The summed E-state index contributed by atoms with van der Waals surface area (Å²) in [5, 5.41) is 7.31. The van der Waals surface area contributed by atoms with E-state index in [9.17, 15) is 12.8 Å². The summed E-state index contributed by atoms with van der Waals surface area (Å²) in [6.45, 7) is 4.63. The number of aromatic nitrogens is 2. The monoisotopic (exact) mass is 388 g/mol. The van der Waals surface area contributed by atoms with Gasteiger partial charge in [0.1, 0.15) is 11.5 Å². The Labute approximate surface area is 153 Å². The molecule has 9 heteroatoms. The van der Waals surface area contributed by atoms with Crippen LogP contribution in [0.25, 0.3) is 5.69 Å². The van der Waals surface area contributed by atoms with Crippen molar-refractivity contribution in [3.8, 4) is 5.69 Å². The topological polar surface area (TPSA) is 76.0 Å². The van der Waals surface area contributed by atoms with Crippen LogP contribution in [0.5, 0.6) is 0 Å². The third-order valence-corrected chi connectivity index (χ3v) is 5.65. The van der Waals surface area contributed by atoms with Crippen molar-refractivity contribution >= 4 is 22.4 Å². The summed E-state index contributed by atoms with van der Waals surface area (Å²) in [6, 6.07) is 4.00. The van der Waals surface area contributed by atoms with Crippen molar-refractivity contribution in [2.75, 3.05) is 6.54 Å². The molecule has 2 heterocycles. The molecule has 3 rings (SSSR count). The summed E-state index contributed by atoms with van der Waals surface area (Å²) < 4.78 is 43.4. The van der Waals surface area contributed by atoms with Crippen molar-refractivity contribution in [3.05, 3.63) is 42.0 Å². The van der Waals surface area contributed by atoms with Gasteiger partial charge < -0.3 is 5.32 Å². The Morgan fingerprint density at radius 3 is 2.76 bits per heavy atom. The van der Waals surface area contributed by atoms with Crippen LogP contribution in [0.4, 0.5) is 4.39 Å². The van der Waals surface area contributed by atoms with Gasteiger partial charge in [-0.3, -0.25) is 0 Å². The van der Waals surface area contributed by atoms with Crippen LogP contribution in [-0.4, -0.2) is 36.8 Å². The van der Waals surface area contributed by atoms with Gasteiger partial charge in [0.15, 0.2) is 0 Å². The second kappa shape index (κ2) is 7.82. The Kier molecular flexibility index (Phi) is 6.21. The van der Waals surface area contributed by atoms with Crippen LogP contribution in [0, 0.1) is 12.7 Å². The maximum atomic E-state index is 14.4. The molecular formula is C16H22ClFN4O2S. The number of nitrogens with one attached hydrogen (secondary N) is 2. The fourth-order valence-electron chi connectivity index (χ4n) is 2.91. The molecule has 1 aromatic carbocycles. The first kappa shape index (κ1) is 19.8. The van der Waals surface area contributed by atoms with E-state index in [1.54, 1.807) is 12.4 Å². The van der Waals surface area contributed by atoms with Crippen LogP contribution in [0.3, 0.4) is 0 Å². The molecule has 2 N–H and O–H groups in total. The lowest BCUT2D eigenvalue weighted by Crippen LogP contribution is -2.46. The molecule has 6 nitrogen and oxygen atoms in total. The Balaban J connectivity index is 0.00000225. The molecule has 0 radical (unpaired) electrons. The lowest BCUT2D eigenvalue weighted by Gasteiger charge is -2.28. The van der Waals surface area contributed by atoms with Crippen molar-refractivity contribution in [1.82, 2.24) is 19.8 Å². The molecule has 1 aromatic heterocycles. The van der Waals surface area contributed by atoms with E-state index in [1.807, 2.05) is 13.8 Å². The van der Waals surface area contributed by atoms with Gasteiger partial charge in [-0.1, -0.05) is 0 Å². The average Bonchev–Trinajstić information content (AvgIpc) is 2.93. The Morgan fingerprint density at radius 2 is 2.16 bits per heavy atom. The summed E-state index contributed by atoms with van der Waals surface area (Å²) in [6.07, 6.45) is 4.73. The molecule has 2 aromatic rings. The van der Waals surface area contributed by atoms with Crippen molar-refractivity contribution in [3.63, 3.8) is 0 Å². The van der Waals surface area contributed by atoms with E-state index in [2.05, 4.69) is 15.1 Å². The van der Waals surface area contributed by atoms with Crippen LogP contribution in [0.15, 0.2) is 35.5 Å². The van der Waals surface area contributed by atoms with E-state index in [0.717, 1.165) is 24.6 Å².